The fraction of sp³-hybridized carbons (Fsp3) is 0.400. The number of esters is 1. The van der Waals surface area contributed by atoms with Crippen molar-refractivity contribution in [3.63, 3.8) is 0 Å². The lowest BCUT2D eigenvalue weighted by Crippen LogP contribution is -2.32. The van der Waals surface area contributed by atoms with Gasteiger partial charge < -0.3 is 20.4 Å². The molecule has 7 nitrogen and oxygen atoms in total. The van der Waals surface area contributed by atoms with Crippen molar-refractivity contribution in [2.24, 2.45) is 7.05 Å². The van der Waals surface area contributed by atoms with E-state index in [1.807, 2.05) is 7.05 Å². The highest BCUT2D eigenvalue weighted by Gasteiger charge is 2.39. The first-order valence-electron chi connectivity index (χ1n) is 11.2. The van der Waals surface area contributed by atoms with Crippen LogP contribution < -0.4 is 11.1 Å². The van der Waals surface area contributed by atoms with E-state index in [4.69, 9.17) is 10.5 Å². The summed E-state index contributed by atoms with van der Waals surface area (Å²) in [5, 5.41) is 4.31. The maximum atomic E-state index is 13.7. The van der Waals surface area contributed by atoms with Crippen molar-refractivity contribution in [1.29, 1.82) is 0 Å². The first kappa shape index (κ1) is 22.0. The molecule has 0 radical (unpaired) electrons. The molecule has 1 aromatic heterocycles. The quantitative estimate of drug-likeness (QED) is 0.447. The highest BCUT2D eigenvalue weighted by molar-refractivity contribution is 7.91. The van der Waals surface area contributed by atoms with E-state index in [1.54, 1.807) is 39.0 Å². The number of carbonyl (C=O) groups excluding carboxylic acids is 1. The standard InChI is InChI=1S/C25H29N3O4S/c1-25(2,3)32-24(29)23-20(33(30,31)16-8-5-14(26)6-9-16)12-11-18-22(23)21-17-10-7-15(27-17)13-19(21)28(18)4/h5-6,8-9,11-12,15,17,27H,7,10,13,26H2,1-4H3. The zero-order valence-electron chi connectivity index (χ0n) is 19.3. The van der Waals surface area contributed by atoms with E-state index in [1.165, 1.54) is 18.2 Å². The van der Waals surface area contributed by atoms with E-state index >= 15 is 0 Å². The third kappa shape index (κ3) is 3.52. The molecule has 0 spiro atoms. The van der Waals surface area contributed by atoms with Gasteiger partial charge in [0.1, 0.15) is 5.60 Å². The summed E-state index contributed by atoms with van der Waals surface area (Å²) in [6.45, 7) is 5.34. The summed E-state index contributed by atoms with van der Waals surface area (Å²) >= 11 is 0. The number of carbonyl (C=O) groups is 1. The summed E-state index contributed by atoms with van der Waals surface area (Å²) in [7, 11) is -2.01. The molecule has 3 aromatic rings. The summed E-state index contributed by atoms with van der Waals surface area (Å²) in [5.41, 5.74) is 8.60. The second kappa shape index (κ2) is 7.33. The van der Waals surface area contributed by atoms with E-state index in [0.29, 0.717) is 17.1 Å². The number of nitrogens with two attached hydrogens (primary N) is 1. The molecule has 174 valence electrons. The molecule has 33 heavy (non-hydrogen) atoms. The zero-order chi connectivity index (χ0) is 23.7. The molecule has 5 rings (SSSR count). The lowest BCUT2D eigenvalue weighted by atomic mass is 9.96. The Morgan fingerprint density at radius 1 is 1.12 bits per heavy atom. The molecular weight excluding hydrogens is 438 g/mol. The lowest BCUT2D eigenvalue weighted by Gasteiger charge is -2.24. The van der Waals surface area contributed by atoms with E-state index in [0.717, 1.165) is 36.0 Å². The fourth-order valence-electron chi connectivity index (χ4n) is 5.19. The van der Waals surface area contributed by atoms with Crippen LogP contribution in [0.4, 0.5) is 5.69 Å². The predicted octanol–water partition coefficient (Wildman–Crippen LogP) is 3.90. The van der Waals surface area contributed by atoms with Gasteiger partial charge in [0.05, 0.1) is 15.4 Å². The number of fused-ring (bicyclic) bond motifs is 6. The molecule has 0 aliphatic carbocycles. The van der Waals surface area contributed by atoms with Crippen molar-refractivity contribution in [2.75, 3.05) is 5.73 Å². The average molecular weight is 468 g/mol. The number of hydrogen-bond donors (Lipinski definition) is 2. The minimum absolute atomic E-state index is 0.0393. The third-order valence-corrected chi connectivity index (χ3v) is 8.42. The Kier molecular flexibility index (Phi) is 4.88. The number of anilines is 1. The summed E-state index contributed by atoms with van der Waals surface area (Å²) in [5.74, 6) is -0.629. The number of nitrogens with zero attached hydrogens (tertiary/aromatic N) is 1. The molecule has 3 heterocycles. The monoisotopic (exact) mass is 467 g/mol. The van der Waals surface area contributed by atoms with Gasteiger partial charge in [-0.3, -0.25) is 0 Å². The van der Waals surface area contributed by atoms with Crippen LogP contribution in [0.2, 0.25) is 0 Å². The Bertz CT molecular complexity index is 1380. The van der Waals surface area contributed by atoms with Gasteiger partial charge in [0, 0.05) is 47.8 Å². The normalized spacial score (nSPS) is 20.1. The van der Waals surface area contributed by atoms with E-state index in [9.17, 15) is 13.2 Å². The number of ether oxygens (including phenoxy) is 1. The van der Waals surface area contributed by atoms with E-state index in [-0.39, 0.29) is 21.4 Å². The largest absolute Gasteiger partial charge is 0.456 e. The van der Waals surface area contributed by atoms with Crippen molar-refractivity contribution >= 4 is 32.4 Å². The molecule has 8 heteroatoms. The van der Waals surface area contributed by atoms with Gasteiger partial charge in [-0.1, -0.05) is 0 Å². The van der Waals surface area contributed by atoms with Crippen molar-refractivity contribution < 1.29 is 17.9 Å². The van der Waals surface area contributed by atoms with Gasteiger partial charge in [-0.05, 0) is 75.6 Å². The molecule has 2 aliphatic rings. The van der Waals surface area contributed by atoms with E-state index in [2.05, 4.69) is 9.88 Å². The number of rotatable bonds is 3. The number of benzene rings is 2. The Morgan fingerprint density at radius 3 is 2.48 bits per heavy atom. The fourth-order valence-corrected chi connectivity index (χ4v) is 6.64. The van der Waals surface area contributed by atoms with Gasteiger partial charge in [-0.25, -0.2) is 13.2 Å². The zero-order valence-corrected chi connectivity index (χ0v) is 20.1. The maximum absolute atomic E-state index is 13.7. The molecule has 2 unspecified atom stereocenters. The first-order chi connectivity index (χ1) is 15.5. The second-order valence-electron chi connectivity index (χ2n) is 10.0. The molecule has 2 atom stereocenters. The molecule has 2 bridgehead atoms. The van der Waals surface area contributed by atoms with Crippen LogP contribution in [0.1, 0.15) is 61.3 Å². The number of hydrogen-bond acceptors (Lipinski definition) is 6. The summed E-state index contributed by atoms with van der Waals surface area (Å²) in [6, 6.07) is 9.88. The number of aromatic nitrogens is 1. The average Bonchev–Trinajstić information content (AvgIpc) is 3.25. The van der Waals surface area contributed by atoms with E-state index < -0.39 is 21.4 Å². The van der Waals surface area contributed by atoms with Crippen LogP contribution >= 0.6 is 0 Å². The Balaban J connectivity index is 1.83. The van der Waals surface area contributed by atoms with Crippen LogP contribution in [-0.4, -0.2) is 30.6 Å². The molecule has 2 aromatic carbocycles. The summed E-state index contributed by atoms with van der Waals surface area (Å²) < 4.78 is 35.3. The molecule has 2 aliphatic heterocycles. The number of nitrogens with one attached hydrogen (secondary N) is 1. The van der Waals surface area contributed by atoms with Gasteiger partial charge in [-0.15, -0.1) is 0 Å². The SMILES string of the molecule is Cn1c2c(c3c(C(=O)OC(C)(C)C)c(S(=O)(=O)c4ccc(N)cc4)ccc31)C1CCC(C2)N1. The van der Waals surface area contributed by atoms with Crippen molar-refractivity contribution in [2.45, 2.75) is 67.5 Å². The Hall–Kier alpha value is -2.84. The molecule has 0 saturated carbocycles. The Labute approximate surface area is 193 Å². The van der Waals surface area contributed by atoms with Crippen LogP contribution in [0.25, 0.3) is 10.9 Å². The van der Waals surface area contributed by atoms with Gasteiger partial charge in [-0.2, -0.15) is 0 Å². The van der Waals surface area contributed by atoms with Crippen LogP contribution in [0, 0.1) is 0 Å². The third-order valence-electron chi connectivity index (χ3n) is 6.60. The van der Waals surface area contributed by atoms with Crippen LogP contribution in [0.15, 0.2) is 46.2 Å². The van der Waals surface area contributed by atoms with Crippen molar-refractivity contribution in [3.05, 3.63) is 53.2 Å². The number of sulfone groups is 1. The lowest BCUT2D eigenvalue weighted by molar-refractivity contribution is 0.00675. The molecule has 3 N–H and O–H groups in total. The van der Waals surface area contributed by atoms with Crippen molar-refractivity contribution in [3.8, 4) is 0 Å². The first-order valence-corrected chi connectivity index (χ1v) is 12.7. The van der Waals surface area contributed by atoms with Crippen LogP contribution in [-0.2, 0) is 28.0 Å². The van der Waals surface area contributed by atoms with Crippen LogP contribution in [0.5, 0.6) is 0 Å². The van der Waals surface area contributed by atoms with Crippen molar-refractivity contribution in [1.82, 2.24) is 9.88 Å². The second-order valence-corrected chi connectivity index (χ2v) is 11.9. The maximum Gasteiger partial charge on any atom is 0.340 e. The minimum Gasteiger partial charge on any atom is -0.456 e. The summed E-state index contributed by atoms with van der Waals surface area (Å²) in [4.78, 5) is 13.6. The van der Waals surface area contributed by atoms with Gasteiger partial charge in [0.2, 0.25) is 9.84 Å². The predicted molar refractivity (Wildman–Crippen MR) is 127 cm³/mol. The highest BCUT2D eigenvalue weighted by atomic mass is 32.2. The number of aryl methyl sites for hydroxylation is 1. The topological polar surface area (TPSA) is 103 Å². The van der Waals surface area contributed by atoms with Gasteiger partial charge in [0.15, 0.2) is 0 Å². The summed E-state index contributed by atoms with van der Waals surface area (Å²) in [6.07, 6.45) is 2.87. The molecular formula is C25H29N3O4S. The van der Waals surface area contributed by atoms with Gasteiger partial charge in [0.25, 0.3) is 0 Å². The Morgan fingerprint density at radius 2 is 1.82 bits per heavy atom. The molecule has 0 amide bonds. The minimum atomic E-state index is -4.00. The van der Waals surface area contributed by atoms with Crippen LogP contribution in [0.3, 0.4) is 0 Å². The highest BCUT2D eigenvalue weighted by Crippen LogP contribution is 2.44. The molecule has 1 saturated heterocycles. The molecule has 1 fully saturated rings. The number of nitrogen functional groups attached to an aromatic ring is 1. The van der Waals surface area contributed by atoms with Gasteiger partial charge >= 0.3 is 5.97 Å². The smallest absolute Gasteiger partial charge is 0.340 e.